The van der Waals surface area contributed by atoms with Gasteiger partial charge in [-0.25, -0.2) is 4.98 Å². The SMILES string of the molecule is CCC(C)(C)Oc1cc(NC)nc(C(F)(F)F)n1. The zero-order chi connectivity index (χ0) is 14.0. The topological polar surface area (TPSA) is 47.0 Å². The van der Waals surface area contributed by atoms with E-state index in [0.717, 1.165) is 0 Å². The second-order valence-electron chi connectivity index (χ2n) is 4.38. The summed E-state index contributed by atoms with van der Waals surface area (Å²) in [6.07, 6.45) is -3.95. The van der Waals surface area contributed by atoms with Crippen molar-refractivity contribution < 1.29 is 17.9 Å². The molecule has 0 atom stereocenters. The summed E-state index contributed by atoms with van der Waals surface area (Å²) >= 11 is 0. The van der Waals surface area contributed by atoms with Gasteiger partial charge in [0.25, 0.3) is 0 Å². The van der Waals surface area contributed by atoms with Gasteiger partial charge in [0.2, 0.25) is 11.7 Å². The number of nitrogens with zero attached hydrogens (tertiary/aromatic N) is 2. The Kier molecular flexibility index (Phi) is 4.03. The maximum Gasteiger partial charge on any atom is 0.451 e. The standard InChI is InChI=1S/C11H16F3N3O/c1-5-10(2,3)18-8-6-7(15-4)16-9(17-8)11(12,13)14/h6H,5H2,1-4H3,(H,15,16,17). The van der Waals surface area contributed by atoms with E-state index in [-0.39, 0.29) is 11.7 Å². The summed E-state index contributed by atoms with van der Waals surface area (Å²) in [5.41, 5.74) is -0.581. The van der Waals surface area contributed by atoms with Gasteiger partial charge in [0.05, 0.1) is 0 Å². The van der Waals surface area contributed by atoms with Crippen LogP contribution in [0.25, 0.3) is 0 Å². The van der Waals surface area contributed by atoms with Crippen LogP contribution in [-0.4, -0.2) is 22.6 Å². The second-order valence-corrected chi connectivity index (χ2v) is 4.38. The van der Waals surface area contributed by atoms with Crippen molar-refractivity contribution in [3.8, 4) is 5.88 Å². The van der Waals surface area contributed by atoms with Crippen LogP contribution >= 0.6 is 0 Å². The maximum atomic E-state index is 12.6. The van der Waals surface area contributed by atoms with Gasteiger partial charge in [0.1, 0.15) is 11.4 Å². The fraction of sp³-hybridized carbons (Fsp3) is 0.636. The van der Waals surface area contributed by atoms with E-state index in [0.29, 0.717) is 6.42 Å². The molecule has 0 amide bonds. The van der Waals surface area contributed by atoms with Gasteiger partial charge in [-0.3, -0.25) is 0 Å². The fourth-order valence-electron chi connectivity index (χ4n) is 1.09. The first-order valence-corrected chi connectivity index (χ1v) is 5.51. The van der Waals surface area contributed by atoms with Crippen molar-refractivity contribution in [1.82, 2.24) is 9.97 Å². The molecule has 1 aromatic rings. The average Bonchev–Trinajstić information content (AvgIpc) is 2.27. The molecule has 0 saturated heterocycles. The molecular formula is C11H16F3N3O. The number of anilines is 1. The molecule has 4 nitrogen and oxygen atoms in total. The van der Waals surface area contributed by atoms with Crippen molar-refractivity contribution in [3.63, 3.8) is 0 Å². The Hall–Kier alpha value is -1.53. The Balaban J connectivity index is 3.13. The van der Waals surface area contributed by atoms with Gasteiger partial charge in [-0.05, 0) is 20.3 Å². The molecule has 0 saturated carbocycles. The Morgan fingerprint density at radius 3 is 2.33 bits per heavy atom. The number of aromatic nitrogens is 2. The van der Waals surface area contributed by atoms with Crippen LogP contribution in [0.15, 0.2) is 6.07 Å². The lowest BCUT2D eigenvalue weighted by Crippen LogP contribution is -2.28. The lowest BCUT2D eigenvalue weighted by Gasteiger charge is -2.24. The van der Waals surface area contributed by atoms with Crippen LogP contribution in [0.2, 0.25) is 0 Å². The third-order valence-electron chi connectivity index (χ3n) is 2.44. The minimum absolute atomic E-state index is 0.0687. The van der Waals surface area contributed by atoms with E-state index in [1.807, 2.05) is 6.92 Å². The van der Waals surface area contributed by atoms with Gasteiger partial charge < -0.3 is 10.1 Å². The molecule has 0 radical (unpaired) electrons. The van der Waals surface area contributed by atoms with Crippen molar-refractivity contribution in [1.29, 1.82) is 0 Å². The molecule has 0 aliphatic carbocycles. The Morgan fingerprint density at radius 1 is 1.28 bits per heavy atom. The summed E-state index contributed by atoms with van der Waals surface area (Å²) < 4.78 is 43.2. The molecular weight excluding hydrogens is 247 g/mol. The normalized spacial score (nSPS) is 12.4. The summed E-state index contributed by atoms with van der Waals surface area (Å²) in [5.74, 6) is -1.23. The van der Waals surface area contributed by atoms with E-state index in [2.05, 4.69) is 15.3 Å². The Labute approximate surface area is 104 Å². The number of nitrogens with one attached hydrogen (secondary N) is 1. The van der Waals surface area contributed by atoms with Crippen LogP contribution in [0.3, 0.4) is 0 Å². The maximum absolute atomic E-state index is 12.6. The van der Waals surface area contributed by atoms with E-state index in [1.165, 1.54) is 13.1 Å². The molecule has 0 aliphatic heterocycles. The molecule has 102 valence electrons. The predicted molar refractivity (Wildman–Crippen MR) is 61.6 cm³/mol. The second kappa shape index (κ2) is 4.99. The minimum atomic E-state index is -4.60. The van der Waals surface area contributed by atoms with E-state index in [9.17, 15) is 13.2 Å². The fourth-order valence-corrected chi connectivity index (χ4v) is 1.09. The number of hydrogen-bond donors (Lipinski definition) is 1. The van der Waals surface area contributed by atoms with Gasteiger partial charge in [0, 0.05) is 13.1 Å². The number of ether oxygens (including phenoxy) is 1. The summed E-state index contributed by atoms with van der Waals surface area (Å²) in [6.45, 7) is 5.44. The van der Waals surface area contributed by atoms with E-state index >= 15 is 0 Å². The highest BCUT2D eigenvalue weighted by molar-refractivity contribution is 5.38. The molecule has 18 heavy (non-hydrogen) atoms. The highest BCUT2D eigenvalue weighted by Crippen LogP contribution is 2.30. The molecule has 0 bridgehead atoms. The Bertz CT molecular complexity index is 418. The van der Waals surface area contributed by atoms with E-state index < -0.39 is 17.6 Å². The van der Waals surface area contributed by atoms with Gasteiger partial charge in [-0.2, -0.15) is 18.2 Å². The number of halogens is 3. The molecule has 1 heterocycles. The molecule has 0 aromatic carbocycles. The van der Waals surface area contributed by atoms with Crippen molar-refractivity contribution in [2.45, 2.75) is 39.0 Å². The smallest absolute Gasteiger partial charge is 0.451 e. The quantitative estimate of drug-likeness (QED) is 0.906. The first-order chi connectivity index (χ1) is 8.18. The molecule has 7 heteroatoms. The van der Waals surface area contributed by atoms with Crippen molar-refractivity contribution >= 4 is 5.82 Å². The number of alkyl halides is 3. The Morgan fingerprint density at radius 2 is 1.89 bits per heavy atom. The lowest BCUT2D eigenvalue weighted by atomic mass is 10.1. The third-order valence-corrected chi connectivity index (χ3v) is 2.44. The molecule has 1 N–H and O–H groups in total. The van der Waals surface area contributed by atoms with Gasteiger partial charge in [-0.1, -0.05) is 6.92 Å². The van der Waals surface area contributed by atoms with Crippen LogP contribution in [-0.2, 0) is 6.18 Å². The summed E-state index contributed by atoms with van der Waals surface area (Å²) in [5, 5.41) is 2.55. The summed E-state index contributed by atoms with van der Waals surface area (Å²) in [7, 11) is 1.48. The van der Waals surface area contributed by atoms with Crippen LogP contribution in [0.5, 0.6) is 5.88 Å². The van der Waals surface area contributed by atoms with Crippen LogP contribution in [0.1, 0.15) is 33.0 Å². The van der Waals surface area contributed by atoms with Gasteiger partial charge in [0.15, 0.2) is 0 Å². The minimum Gasteiger partial charge on any atom is -0.472 e. The first-order valence-electron chi connectivity index (χ1n) is 5.51. The van der Waals surface area contributed by atoms with Gasteiger partial charge in [-0.15, -0.1) is 0 Å². The first kappa shape index (κ1) is 14.5. The predicted octanol–water partition coefficient (Wildman–Crippen LogP) is 3.10. The molecule has 0 spiro atoms. The molecule has 1 aromatic heterocycles. The van der Waals surface area contributed by atoms with Crippen molar-refractivity contribution in [3.05, 3.63) is 11.9 Å². The molecule has 0 aliphatic rings. The zero-order valence-electron chi connectivity index (χ0n) is 10.7. The third kappa shape index (κ3) is 3.75. The highest BCUT2D eigenvalue weighted by Gasteiger charge is 2.36. The zero-order valence-corrected chi connectivity index (χ0v) is 10.7. The monoisotopic (exact) mass is 263 g/mol. The van der Waals surface area contributed by atoms with Gasteiger partial charge >= 0.3 is 6.18 Å². The van der Waals surface area contributed by atoms with Crippen LogP contribution < -0.4 is 10.1 Å². The van der Waals surface area contributed by atoms with Crippen molar-refractivity contribution in [2.75, 3.05) is 12.4 Å². The molecule has 0 unspecified atom stereocenters. The number of hydrogen-bond acceptors (Lipinski definition) is 4. The number of rotatable bonds is 4. The largest absolute Gasteiger partial charge is 0.472 e. The van der Waals surface area contributed by atoms with Crippen LogP contribution in [0.4, 0.5) is 19.0 Å². The van der Waals surface area contributed by atoms with Crippen LogP contribution in [0, 0.1) is 0 Å². The van der Waals surface area contributed by atoms with E-state index in [4.69, 9.17) is 4.74 Å². The highest BCUT2D eigenvalue weighted by atomic mass is 19.4. The lowest BCUT2D eigenvalue weighted by molar-refractivity contribution is -0.145. The van der Waals surface area contributed by atoms with E-state index in [1.54, 1.807) is 13.8 Å². The summed E-state index contributed by atoms with van der Waals surface area (Å²) in [4.78, 5) is 6.74. The average molecular weight is 263 g/mol. The molecule has 1 rings (SSSR count). The molecule has 0 fully saturated rings. The summed E-state index contributed by atoms with van der Waals surface area (Å²) in [6, 6.07) is 1.34. The van der Waals surface area contributed by atoms with Crippen molar-refractivity contribution in [2.24, 2.45) is 0 Å².